The van der Waals surface area contributed by atoms with Crippen LogP contribution < -0.4 is 10.9 Å². The zero-order chi connectivity index (χ0) is 10.3. The Labute approximate surface area is 82.8 Å². The van der Waals surface area contributed by atoms with E-state index in [1.165, 1.54) is 5.19 Å². The summed E-state index contributed by atoms with van der Waals surface area (Å²) in [6.07, 6.45) is 0. The molecule has 0 saturated heterocycles. The van der Waals surface area contributed by atoms with Gasteiger partial charge in [0, 0.05) is 0 Å². The molecule has 0 aliphatic rings. The van der Waals surface area contributed by atoms with Crippen LogP contribution in [0.5, 0.6) is 0 Å². The van der Waals surface area contributed by atoms with E-state index in [1.54, 1.807) is 0 Å². The van der Waals surface area contributed by atoms with Crippen LogP contribution in [0.2, 0.25) is 19.6 Å². The molecule has 0 unspecified atom stereocenters. The van der Waals surface area contributed by atoms with Gasteiger partial charge in [0.05, 0.1) is 13.6 Å². The maximum Gasteiger partial charge on any atom is 0.417 e. The zero-order valence-electron chi connectivity index (χ0n) is 8.55. The van der Waals surface area contributed by atoms with Crippen LogP contribution in [0.15, 0.2) is 27.4 Å². The summed E-state index contributed by atoms with van der Waals surface area (Å²) in [6.45, 7) is 6.69. The van der Waals surface area contributed by atoms with Crippen LogP contribution in [0.4, 0.5) is 0 Å². The molecule has 0 bridgehead atoms. The first-order valence-corrected chi connectivity index (χ1v) is 8.11. The van der Waals surface area contributed by atoms with Gasteiger partial charge in [-0.2, -0.15) is 0 Å². The van der Waals surface area contributed by atoms with Gasteiger partial charge >= 0.3 is 5.76 Å². The van der Waals surface area contributed by atoms with Crippen molar-refractivity contribution in [3.8, 4) is 0 Å². The summed E-state index contributed by atoms with van der Waals surface area (Å²) in [5.41, 5.74) is 1.53. The molecule has 1 aromatic heterocycles. The largest absolute Gasteiger partial charge is 0.417 e. The fourth-order valence-electron chi connectivity index (χ4n) is 1.56. The first-order valence-electron chi connectivity index (χ1n) is 4.61. The minimum atomic E-state index is -1.44. The van der Waals surface area contributed by atoms with Gasteiger partial charge in [0.15, 0.2) is 5.58 Å². The van der Waals surface area contributed by atoms with Gasteiger partial charge in [0.1, 0.15) is 0 Å². The number of hydrogen-bond donors (Lipinski definition) is 1. The second-order valence-electron chi connectivity index (χ2n) is 4.45. The summed E-state index contributed by atoms with van der Waals surface area (Å²) in [5.74, 6) is -0.370. The summed E-state index contributed by atoms with van der Waals surface area (Å²) in [6, 6.07) is 5.87. The van der Waals surface area contributed by atoms with Gasteiger partial charge < -0.3 is 4.42 Å². The molecule has 0 spiro atoms. The lowest BCUT2D eigenvalue weighted by Crippen LogP contribution is -2.37. The average Bonchev–Trinajstić information content (AvgIpc) is 2.41. The van der Waals surface area contributed by atoms with Crippen LogP contribution in [0.3, 0.4) is 0 Å². The summed E-state index contributed by atoms with van der Waals surface area (Å²) in [4.78, 5) is 13.7. The number of nitrogens with one attached hydrogen (secondary N) is 1. The maximum atomic E-state index is 11.1. The SMILES string of the molecule is C[Si](C)(C)c1cccc2[nH]c(=O)oc12. The summed E-state index contributed by atoms with van der Waals surface area (Å²) >= 11 is 0. The van der Waals surface area contributed by atoms with E-state index in [0.717, 1.165) is 11.1 Å². The number of para-hydroxylation sites is 1. The molecule has 0 aliphatic carbocycles. The van der Waals surface area contributed by atoms with E-state index in [-0.39, 0.29) is 5.76 Å². The molecule has 3 nitrogen and oxygen atoms in total. The second-order valence-corrected chi connectivity index (χ2v) is 9.49. The molecule has 1 N–H and O–H groups in total. The molecule has 2 rings (SSSR count). The van der Waals surface area contributed by atoms with E-state index in [2.05, 4.69) is 24.6 Å². The smallest absolute Gasteiger partial charge is 0.408 e. The molecule has 0 radical (unpaired) electrons. The lowest BCUT2D eigenvalue weighted by atomic mass is 10.3. The molecule has 14 heavy (non-hydrogen) atoms. The number of rotatable bonds is 1. The van der Waals surface area contributed by atoms with E-state index in [0.29, 0.717) is 0 Å². The highest BCUT2D eigenvalue weighted by Crippen LogP contribution is 2.12. The Morgan fingerprint density at radius 1 is 1.29 bits per heavy atom. The fourth-order valence-corrected chi connectivity index (χ4v) is 3.03. The molecule has 0 fully saturated rings. The first-order chi connectivity index (χ1) is 6.48. The molecule has 2 aromatic rings. The summed E-state index contributed by atoms with van der Waals surface area (Å²) in [5, 5.41) is 1.19. The first kappa shape index (κ1) is 9.27. The van der Waals surface area contributed by atoms with Crippen molar-refractivity contribution < 1.29 is 4.42 Å². The zero-order valence-corrected chi connectivity index (χ0v) is 9.55. The minimum Gasteiger partial charge on any atom is -0.408 e. The number of fused-ring (bicyclic) bond motifs is 1. The Morgan fingerprint density at radius 3 is 2.64 bits per heavy atom. The van der Waals surface area contributed by atoms with Crippen LogP contribution >= 0.6 is 0 Å². The number of H-pyrrole nitrogens is 1. The van der Waals surface area contributed by atoms with Crippen molar-refractivity contribution >= 4 is 24.4 Å². The summed E-state index contributed by atoms with van der Waals surface area (Å²) in [7, 11) is -1.44. The molecule has 0 amide bonds. The predicted molar refractivity (Wildman–Crippen MR) is 59.8 cm³/mol. The molecular weight excluding hydrogens is 194 g/mol. The number of hydrogen-bond acceptors (Lipinski definition) is 2. The molecular formula is C10H13NO2Si. The quantitative estimate of drug-likeness (QED) is 0.723. The molecule has 74 valence electrons. The van der Waals surface area contributed by atoms with Gasteiger partial charge in [0.25, 0.3) is 0 Å². The third-order valence-electron chi connectivity index (χ3n) is 2.25. The highest BCUT2D eigenvalue weighted by molar-refractivity contribution is 6.90. The summed E-state index contributed by atoms with van der Waals surface area (Å²) < 4.78 is 5.15. The highest BCUT2D eigenvalue weighted by Gasteiger charge is 2.21. The lowest BCUT2D eigenvalue weighted by molar-refractivity contribution is 0.557. The van der Waals surface area contributed by atoms with Gasteiger partial charge in [-0.3, -0.25) is 4.98 Å². The number of aromatic nitrogens is 1. The van der Waals surface area contributed by atoms with Crippen LogP contribution in [-0.4, -0.2) is 13.1 Å². The van der Waals surface area contributed by atoms with E-state index < -0.39 is 8.07 Å². The van der Waals surface area contributed by atoms with Gasteiger partial charge in [-0.1, -0.05) is 31.8 Å². The number of oxazole rings is 1. The van der Waals surface area contributed by atoms with Crippen molar-refractivity contribution in [3.63, 3.8) is 0 Å². The molecule has 4 heteroatoms. The van der Waals surface area contributed by atoms with E-state index in [1.807, 2.05) is 18.2 Å². The average molecular weight is 207 g/mol. The van der Waals surface area contributed by atoms with Crippen molar-refractivity contribution in [2.75, 3.05) is 0 Å². The monoisotopic (exact) mass is 207 g/mol. The van der Waals surface area contributed by atoms with Crippen molar-refractivity contribution in [1.82, 2.24) is 4.98 Å². The topological polar surface area (TPSA) is 46.0 Å². The predicted octanol–water partition coefficient (Wildman–Crippen LogP) is 1.67. The highest BCUT2D eigenvalue weighted by atomic mass is 28.3. The molecule has 1 heterocycles. The van der Waals surface area contributed by atoms with Crippen LogP contribution in [-0.2, 0) is 0 Å². The molecule has 0 aliphatic heterocycles. The Hall–Kier alpha value is -1.29. The van der Waals surface area contributed by atoms with Crippen molar-refractivity contribution in [1.29, 1.82) is 0 Å². The molecule has 1 aromatic carbocycles. The third-order valence-corrected chi connectivity index (χ3v) is 4.26. The van der Waals surface area contributed by atoms with Crippen molar-refractivity contribution in [3.05, 3.63) is 28.7 Å². The number of aromatic amines is 1. The maximum absolute atomic E-state index is 11.1. The number of benzene rings is 1. The van der Waals surface area contributed by atoms with Crippen molar-refractivity contribution in [2.45, 2.75) is 19.6 Å². The minimum absolute atomic E-state index is 0.370. The Bertz CT molecular complexity index is 519. The molecule has 0 atom stereocenters. The van der Waals surface area contributed by atoms with Crippen molar-refractivity contribution in [2.24, 2.45) is 0 Å². The van der Waals surface area contributed by atoms with E-state index in [9.17, 15) is 4.79 Å². The fraction of sp³-hybridized carbons (Fsp3) is 0.300. The lowest BCUT2D eigenvalue weighted by Gasteiger charge is -2.15. The van der Waals surface area contributed by atoms with Gasteiger partial charge in [0.2, 0.25) is 0 Å². The Morgan fingerprint density at radius 2 is 2.00 bits per heavy atom. The van der Waals surface area contributed by atoms with E-state index in [4.69, 9.17) is 4.42 Å². The van der Waals surface area contributed by atoms with Gasteiger partial charge in [-0.15, -0.1) is 0 Å². The third kappa shape index (κ3) is 1.41. The second kappa shape index (κ2) is 2.85. The standard InChI is InChI=1S/C10H13NO2Si/c1-14(2,3)8-6-4-5-7-9(8)13-10(12)11-7/h4-6H,1-3H3,(H,11,12). The van der Waals surface area contributed by atoms with Crippen LogP contribution in [0, 0.1) is 0 Å². The van der Waals surface area contributed by atoms with Crippen LogP contribution in [0.25, 0.3) is 11.1 Å². The molecule has 0 saturated carbocycles. The van der Waals surface area contributed by atoms with Crippen LogP contribution in [0.1, 0.15) is 0 Å². The normalized spacial score (nSPS) is 12.2. The Kier molecular flexibility index (Phi) is 1.89. The van der Waals surface area contributed by atoms with E-state index >= 15 is 0 Å². The van der Waals surface area contributed by atoms with Gasteiger partial charge in [-0.25, -0.2) is 4.79 Å². The van der Waals surface area contributed by atoms with Gasteiger partial charge in [-0.05, 0) is 11.3 Å². The Balaban J connectivity index is 2.83.